The number of carbonyl (C=O) groups is 2. The molecule has 0 unspecified atom stereocenters. The Morgan fingerprint density at radius 2 is 2.05 bits per heavy atom. The lowest BCUT2D eigenvalue weighted by Gasteiger charge is -2.18. The second kappa shape index (κ2) is 6.57. The highest BCUT2D eigenvalue weighted by Crippen LogP contribution is 2.17. The SMILES string of the molecule is O=C(CCl)NCc1ccccc1CN1CCCC1=O. The molecular formula is C14H17ClN2O2. The number of rotatable bonds is 5. The summed E-state index contributed by atoms with van der Waals surface area (Å²) in [6.45, 7) is 1.89. The summed E-state index contributed by atoms with van der Waals surface area (Å²) in [5, 5.41) is 2.75. The van der Waals surface area contributed by atoms with Crippen LogP contribution in [0.4, 0.5) is 0 Å². The van der Waals surface area contributed by atoms with E-state index in [2.05, 4.69) is 5.32 Å². The third-order valence-corrected chi connectivity index (χ3v) is 3.49. The highest BCUT2D eigenvalue weighted by Gasteiger charge is 2.20. The molecule has 102 valence electrons. The van der Waals surface area contributed by atoms with Crippen molar-refractivity contribution in [2.75, 3.05) is 12.4 Å². The van der Waals surface area contributed by atoms with Crippen molar-refractivity contribution in [3.05, 3.63) is 35.4 Å². The fourth-order valence-corrected chi connectivity index (χ4v) is 2.30. The molecule has 0 aliphatic carbocycles. The average Bonchev–Trinajstić information content (AvgIpc) is 2.83. The van der Waals surface area contributed by atoms with Gasteiger partial charge in [0.05, 0.1) is 0 Å². The van der Waals surface area contributed by atoms with Crippen LogP contribution in [0, 0.1) is 0 Å². The lowest BCUT2D eigenvalue weighted by molar-refractivity contribution is -0.128. The van der Waals surface area contributed by atoms with Crippen molar-refractivity contribution < 1.29 is 9.59 Å². The Bertz CT molecular complexity index is 476. The van der Waals surface area contributed by atoms with Crippen molar-refractivity contribution in [1.29, 1.82) is 0 Å². The maximum absolute atomic E-state index is 11.6. The molecule has 1 heterocycles. The zero-order chi connectivity index (χ0) is 13.7. The first-order valence-corrected chi connectivity index (χ1v) is 6.91. The minimum absolute atomic E-state index is 0.0349. The maximum Gasteiger partial charge on any atom is 0.235 e. The molecule has 4 nitrogen and oxygen atoms in total. The highest BCUT2D eigenvalue weighted by molar-refractivity contribution is 6.27. The molecule has 1 aromatic rings. The third kappa shape index (κ3) is 3.70. The molecule has 0 radical (unpaired) electrons. The molecule has 1 aromatic carbocycles. The minimum atomic E-state index is -0.186. The van der Waals surface area contributed by atoms with Crippen LogP contribution >= 0.6 is 11.6 Å². The fraction of sp³-hybridized carbons (Fsp3) is 0.429. The third-order valence-electron chi connectivity index (χ3n) is 3.25. The van der Waals surface area contributed by atoms with Crippen LogP contribution < -0.4 is 5.32 Å². The molecule has 1 saturated heterocycles. The predicted molar refractivity (Wildman–Crippen MR) is 73.7 cm³/mol. The lowest BCUT2D eigenvalue weighted by atomic mass is 10.1. The number of alkyl halides is 1. The van der Waals surface area contributed by atoms with Crippen LogP contribution in [-0.4, -0.2) is 29.1 Å². The molecule has 1 fully saturated rings. The molecule has 5 heteroatoms. The summed E-state index contributed by atoms with van der Waals surface area (Å²) >= 11 is 5.45. The largest absolute Gasteiger partial charge is 0.351 e. The van der Waals surface area contributed by atoms with Crippen LogP contribution in [0.15, 0.2) is 24.3 Å². The van der Waals surface area contributed by atoms with Crippen LogP contribution in [-0.2, 0) is 22.7 Å². The zero-order valence-corrected chi connectivity index (χ0v) is 11.4. The quantitative estimate of drug-likeness (QED) is 0.834. The molecule has 1 N–H and O–H groups in total. The highest BCUT2D eigenvalue weighted by atomic mass is 35.5. The van der Waals surface area contributed by atoms with E-state index < -0.39 is 0 Å². The van der Waals surface area contributed by atoms with Gasteiger partial charge in [0.2, 0.25) is 11.8 Å². The van der Waals surface area contributed by atoms with Crippen LogP contribution in [0.3, 0.4) is 0 Å². The summed E-state index contributed by atoms with van der Waals surface area (Å²) in [4.78, 5) is 24.7. The van der Waals surface area contributed by atoms with E-state index in [1.807, 2.05) is 29.2 Å². The fourth-order valence-electron chi connectivity index (χ4n) is 2.20. The van der Waals surface area contributed by atoms with Gasteiger partial charge in [-0.2, -0.15) is 0 Å². The molecule has 0 bridgehead atoms. The average molecular weight is 281 g/mol. The molecule has 2 rings (SSSR count). The van der Waals surface area contributed by atoms with Crippen LogP contribution in [0.5, 0.6) is 0 Å². The number of hydrogen-bond donors (Lipinski definition) is 1. The van der Waals surface area contributed by atoms with E-state index in [1.165, 1.54) is 0 Å². The van der Waals surface area contributed by atoms with E-state index >= 15 is 0 Å². The summed E-state index contributed by atoms with van der Waals surface area (Å²) in [6, 6.07) is 7.83. The predicted octanol–water partition coefficient (Wildman–Crippen LogP) is 1.66. The first-order chi connectivity index (χ1) is 9.20. The van der Waals surface area contributed by atoms with Gasteiger partial charge in [0.15, 0.2) is 0 Å². The van der Waals surface area contributed by atoms with Crippen molar-refractivity contribution in [3.8, 4) is 0 Å². The normalized spacial score (nSPS) is 14.8. The van der Waals surface area contributed by atoms with Gasteiger partial charge in [-0.25, -0.2) is 0 Å². The topological polar surface area (TPSA) is 49.4 Å². The summed E-state index contributed by atoms with van der Waals surface area (Å²) < 4.78 is 0. The van der Waals surface area contributed by atoms with Crippen LogP contribution in [0.2, 0.25) is 0 Å². The standard InChI is InChI=1S/C14H17ClN2O2/c15-8-13(18)16-9-11-4-1-2-5-12(11)10-17-7-3-6-14(17)19/h1-2,4-5H,3,6-10H2,(H,16,18). The van der Waals surface area contributed by atoms with Gasteiger partial charge in [0, 0.05) is 26.1 Å². The van der Waals surface area contributed by atoms with Crippen LogP contribution in [0.1, 0.15) is 24.0 Å². The number of nitrogens with one attached hydrogen (secondary N) is 1. The van der Waals surface area contributed by atoms with E-state index in [-0.39, 0.29) is 17.7 Å². The van der Waals surface area contributed by atoms with Crippen molar-refractivity contribution in [2.24, 2.45) is 0 Å². The van der Waals surface area contributed by atoms with Crippen molar-refractivity contribution in [3.63, 3.8) is 0 Å². The van der Waals surface area contributed by atoms with Crippen molar-refractivity contribution in [2.45, 2.75) is 25.9 Å². The van der Waals surface area contributed by atoms with Crippen molar-refractivity contribution in [1.82, 2.24) is 10.2 Å². The molecule has 0 spiro atoms. The first kappa shape index (κ1) is 13.9. The van der Waals surface area contributed by atoms with Gasteiger partial charge in [-0.1, -0.05) is 24.3 Å². The summed E-state index contributed by atoms with van der Waals surface area (Å²) in [7, 11) is 0. The molecule has 19 heavy (non-hydrogen) atoms. The van der Waals surface area contributed by atoms with E-state index in [1.54, 1.807) is 0 Å². The van der Waals surface area contributed by atoms with Crippen LogP contribution in [0.25, 0.3) is 0 Å². The van der Waals surface area contributed by atoms with Gasteiger partial charge < -0.3 is 10.2 Å². The zero-order valence-electron chi connectivity index (χ0n) is 10.7. The van der Waals surface area contributed by atoms with E-state index in [9.17, 15) is 9.59 Å². The molecule has 0 saturated carbocycles. The number of likely N-dealkylation sites (tertiary alicyclic amines) is 1. The molecule has 0 atom stereocenters. The monoisotopic (exact) mass is 280 g/mol. The van der Waals surface area contributed by atoms with Gasteiger partial charge >= 0.3 is 0 Å². The van der Waals surface area contributed by atoms with E-state index in [4.69, 9.17) is 11.6 Å². The summed E-state index contributed by atoms with van der Waals surface area (Å²) in [5.41, 5.74) is 2.10. The number of carbonyl (C=O) groups excluding carboxylic acids is 2. The Kier molecular flexibility index (Phi) is 4.80. The molecule has 1 aliphatic heterocycles. The second-order valence-electron chi connectivity index (χ2n) is 4.60. The van der Waals surface area contributed by atoms with E-state index in [0.717, 1.165) is 24.1 Å². The Morgan fingerprint density at radius 1 is 1.32 bits per heavy atom. The van der Waals surface area contributed by atoms with Gasteiger partial charge in [-0.15, -0.1) is 11.6 Å². The summed E-state index contributed by atoms with van der Waals surface area (Å²) in [6.07, 6.45) is 1.58. The number of hydrogen-bond acceptors (Lipinski definition) is 2. The lowest BCUT2D eigenvalue weighted by Crippen LogP contribution is -2.27. The molecular weight excluding hydrogens is 264 g/mol. The molecule has 0 aromatic heterocycles. The summed E-state index contributed by atoms with van der Waals surface area (Å²) in [5.74, 6) is -0.0134. The minimum Gasteiger partial charge on any atom is -0.351 e. The number of benzene rings is 1. The maximum atomic E-state index is 11.6. The Morgan fingerprint density at radius 3 is 2.68 bits per heavy atom. The Labute approximate surface area is 117 Å². The number of amides is 2. The number of halogens is 1. The van der Waals surface area contributed by atoms with Gasteiger partial charge in [-0.05, 0) is 17.5 Å². The van der Waals surface area contributed by atoms with Gasteiger partial charge in [0.1, 0.15) is 5.88 Å². The Balaban J connectivity index is 2.03. The molecule has 1 aliphatic rings. The second-order valence-corrected chi connectivity index (χ2v) is 4.87. The van der Waals surface area contributed by atoms with E-state index in [0.29, 0.717) is 19.5 Å². The smallest absolute Gasteiger partial charge is 0.235 e. The number of nitrogens with zero attached hydrogens (tertiary/aromatic N) is 1. The molecule has 2 amide bonds. The van der Waals surface area contributed by atoms with Gasteiger partial charge in [0.25, 0.3) is 0 Å². The first-order valence-electron chi connectivity index (χ1n) is 6.38. The van der Waals surface area contributed by atoms with Gasteiger partial charge in [-0.3, -0.25) is 9.59 Å². The van der Waals surface area contributed by atoms with Crippen molar-refractivity contribution >= 4 is 23.4 Å². The Hall–Kier alpha value is -1.55.